The van der Waals surface area contributed by atoms with Gasteiger partial charge in [0.1, 0.15) is 11.6 Å². The number of benzene rings is 3. The topological polar surface area (TPSA) is 40.5 Å². The maximum Gasteiger partial charge on any atom is 0.394 e. The fourth-order valence-corrected chi connectivity index (χ4v) is 5.97. The van der Waals surface area contributed by atoms with Gasteiger partial charge in [-0.3, -0.25) is 4.79 Å². The molecule has 0 unspecified atom stereocenters. The molecule has 0 atom stereocenters. The molecule has 0 aliphatic carbocycles. The average molecular weight is 528 g/mol. The lowest BCUT2D eigenvalue weighted by molar-refractivity contribution is -0.208. The summed E-state index contributed by atoms with van der Waals surface area (Å²) in [6.07, 6.45) is -2.20. The van der Waals surface area contributed by atoms with Gasteiger partial charge in [0.2, 0.25) is 5.78 Å². The van der Waals surface area contributed by atoms with Crippen LogP contribution in [0.1, 0.15) is 31.9 Å². The zero-order valence-corrected chi connectivity index (χ0v) is 20.7. The van der Waals surface area contributed by atoms with Crippen molar-refractivity contribution in [3.63, 3.8) is 0 Å². The van der Waals surface area contributed by atoms with Gasteiger partial charge in [0.05, 0.1) is 16.4 Å². The number of hydrogen-bond donors (Lipinski definition) is 1. The van der Waals surface area contributed by atoms with Gasteiger partial charge in [-0.15, -0.1) is 11.3 Å². The fraction of sp³-hybridized carbons (Fsp3) is 0.276. The van der Waals surface area contributed by atoms with E-state index in [2.05, 4.69) is 0 Å². The largest absolute Gasteiger partial charge is 0.508 e. The number of ketones is 1. The Hall–Kier alpha value is -3.23. The lowest BCUT2D eigenvalue weighted by atomic mass is 9.97. The zero-order chi connectivity index (χ0) is 26.2. The van der Waals surface area contributed by atoms with Gasteiger partial charge in [-0.25, -0.2) is 4.39 Å². The minimum atomic E-state index is -4.11. The molecule has 0 radical (unpaired) electrons. The second-order valence-electron chi connectivity index (χ2n) is 9.46. The van der Waals surface area contributed by atoms with Crippen LogP contribution in [0.3, 0.4) is 0 Å². The quantitative estimate of drug-likeness (QED) is 0.202. The van der Waals surface area contributed by atoms with E-state index >= 15 is 0 Å². The lowest BCUT2D eigenvalue weighted by Gasteiger charge is -2.40. The summed E-state index contributed by atoms with van der Waals surface area (Å²) in [5.41, 5.74) is 2.97. The van der Waals surface area contributed by atoms with Crippen molar-refractivity contribution in [2.24, 2.45) is 5.92 Å². The number of hydrogen-bond acceptors (Lipinski definition) is 4. The summed E-state index contributed by atoms with van der Waals surface area (Å²) < 4.78 is 53.1. The van der Waals surface area contributed by atoms with Gasteiger partial charge < -0.3 is 10.0 Å². The van der Waals surface area contributed by atoms with E-state index in [1.54, 1.807) is 30.3 Å². The smallest absolute Gasteiger partial charge is 0.394 e. The summed E-state index contributed by atoms with van der Waals surface area (Å²) in [6.45, 7) is 0.741. The van der Waals surface area contributed by atoms with Gasteiger partial charge in [0, 0.05) is 24.3 Å². The van der Waals surface area contributed by atoms with Crippen LogP contribution in [-0.4, -0.2) is 41.6 Å². The lowest BCUT2D eigenvalue weighted by Crippen LogP contribution is -2.53. The first-order valence-electron chi connectivity index (χ1n) is 12.1. The second-order valence-corrected chi connectivity index (χ2v) is 10.5. The Morgan fingerprint density at radius 2 is 1.62 bits per heavy atom. The highest BCUT2D eigenvalue weighted by Gasteiger charge is 2.46. The third-order valence-corrected chi connectivity index (χ3v) is 8.12. The molecule has 1 aliphatic heterocycles. The number of phenols is 1. The number of halogens is 4. The van der Waals surface area contributed by atoms with Crippen molar-refractivity contribution < 1.29 is 27.5 Å². The van der Waals surface area contributed by atoms with Crippen LogP contribution >= 0.6 is 11.3 Å². The predicted molar refractivity (Wildman–Crippen MR) is 137 cm³/mol. The molecule has 5 rings (SSSR count). The number of alkyl halides is 3. The Balaban J connectivity index is 1.28. The van der Waals surface area contributed by atoms with E-state index in [9.17, 15) is 27.5 Å². The molecule has 4 aromatic rings. The number of likely N-dealkylation sites (tertiary alicyclic amines) is 1. The molecule has 0 bridgehead atoms. The SMILES string of the molecule is O=C(c1ccccc1F)c1sc2cc(O)ccc2c1CCc1ccc(CCN2CC(C(F)(F)F)C2)cc1. The summed E-state index contributed by atoms with van der Waals surface area (Å²) in [5.74, 6) is -2.04. The van der Waals surface area contributed by atoms with Gasteiger partial charge in [-0.2, -0.15) is 13.2 Å². The molecule has 1 N–H and O–H groups in total. The highest BCUT2D eigenvalue weighted by Crippen LogP contribution is 2.36. The molecule has 0 saturated carbocycles. The molecular weight excluding hydrogens is 502 g/mol. The highest BCUT2D eigenvalue weighted by molar-refractivity contribution is 7.21. The molecule has 0 amide bonds. The maximum atomic E-state index is 14.4. The van der Waals surface area contributed by atoms with Crippen LogP contribution in [0.2, 0.25) is 0 Å². The van der Waals surface area contributed by atoms with Crippen molar-refractivity contribution >= 4 is 27.2 Å². The number of aryl methyl sites for hydroxylation is 2. The van der Waals surface area contributed by atoms with Crippen molar-refractivity contribution in [2.75, 3.05) is 19.6 Å². The predicted octanol–water partition coefficient (Wildman–Crippen LogP) is 6.80. The number of carbonyl (C=O) groups is 1. The number of fused-ring (bicyclic) bond motifs is 1. The molecule has 1 aliphatic rings. The first kappa shape index (κ1) is 25.4. The van der Waals surface area contributed by atoms with Crippen molar-refractivity contribution in [2.45, 2.75) is 25.4 Å². The third-order valence-electron chi connectivity index (χ3n) is 6.92. The molecule has 1 aromatic heterocycles. The summed E-state index contributed by atoms with van der Waals surface area (Å²) in [4.78, 5) is 15.6. The van der Waals surface area contributed by atoms with Crippen LogP contribution in [0.5, 0.6) is 5.75 Å². The minimum Gasteiger partial charge on any atom is -0.508 e. The molecule has 1 saturated heterocycles. The number of phenolic OH excluding ortho intramolecular Hbond substituents is 1. The van der Waals surface area contributed by atoms with E-state index < -0.39 is 17.9 Å². The van der Waals surface area contributed by atoms with Crippen LogP contribution in [0, 0.1) is 11.7 Å². The Morgan fingerprint density at radius 1 is 0.946 bits per heavy atom. The second kappa shape index (κ2) is 10.3. The summed E-state index contributed by atoms with van der Waals surface area (Å²) in [6, 6.07) is 18.9. The zero-order valence-electron chi connectivity index (χ0n) is 19.9. The van der Waals surface area contributed by atoms with Gasteiger partial charge in [0.15, 0.2) is 0 Å². The van der Waals surface area contributed by atoms with Crippen LogP contribution in [-0.2, 0) is 19.3 Å². The molecule has 192 valence electrons. The summed E-state index contributed by atoms with van der Waals surface area (Å²) in [7, 11) is 0. The van der Waals surface area contributed by atoms with Gasteiger partial charge in [-0.1, -0.05) is 36.4 Å². The average Bonchev–Trinajstić information content (AvgIpc) is 3.19. The minimum absolute atomic E-state index is 0.0210. The first-order valence-corrected chi connectivity index (χ1v) is 12.9. The molecular formula is C29H25F4NO2S. The number of thiophene rings is 1. The standard InChI is InChI=1S/C29H25F4NO2S/c30-25-4-2-1-3-24(25)27(36)28-23(22-12-10-21(35)15-26(22)37-28)11-9-18-5-7-19(8-6-18)13-14-34-16-20(17-34)29(31,32)33/h1-8,10,12,15,20,35H,9,11,13-14,16-17H2. The van der Waals surface area contributed by atoms with E-state index in [1.165, 1.54) is 23.5 Å². The van der Waals surface area contributed by atoms with Crippen molar-refractivity contribution in [1.82, 2.24) is 4.90 Å². The summed E-state index contributed by atoms with van der Waals surface area (Å²) >= 11 is 1.25. The van der Waals surface area contributed by atoms with Crippen molar-refractivity contribution in [3.8, 4) is 5.75 Å². The van der Waals surface area contributed by atoms with Gasteiger partial charge in [0.25, 0.3) is 0 Å². The monoisotopic (exact) mass is 527 g/mol. The molecule has 3 aromatic carbocycles. The number of aromatic hydroxyl groups is 1. The number of carbonyl (C=O) groups excluding carboxylic acids is 1. The van der Waals surface area contributed by atoms with E-state index in [0.717, 1.165) is 26.8 Å². The molecule has 2 heterocycles. The van der Waals surface area contributed by atoms with Gasteiger partial charge in [-0.05, 0) is 71.7 Å². The van der Waals surface area contributed by atoms with E-state index in [0.29, 0.717) is 30.7 Å². The number of rotatable bonds is 8. The molecule has 8 heteroatoms. The molecule has 1 fully saturated rings. The molecule has 0 spiro atoms. The van der Waals surface area contributed by atoms with E-state index in [1.807, 2.05) is 29.2 Å². The normalized spacial score (nSPS) is 14.7. The summed E-state index contributed by atoms with van der Waals surface area (Å²) in [5, 5.41) is 10.8. The van der Waals surface area contributed by atoms with E-state index in [4.69, 9.17) is 0 Å². The van der Waals surface area contributed by atoms with Crippen LogP contribution in [0.4, 0.5) is 17.6 Å². The fourth-order valence-electron chi connectivity index (χ4n) is 4.73. The van der Waals surface area contributed by atoms with Crippen LogP contribution in [0.25, 0.3) is 10.1 Å². The maximum absolute atomic E-state index is 14.4. The Bertz CT molecular complexity index is 1420. The highest BCUT2D eigenvalue weighted by atomic mass is 32.1. The Morgan fingerprint density at radius 3 is 2.30 bits per heavy atom. The van der Waals surface area contributed by atoms with E-state index in [-0.39, 0.29) is 30.2 Å². The molecule has 3 nitrogen and oxygen atoms in total. The first-order chi connectivity index (χ1) is 17.7. The van der Waals surface area contributed by atoms with Crippen LogP contribution in [0.15, 0.2) is 66.7 Å². The van der Waals surface area contributed by atoms with Crippen molar-refractivity contribution in [1.29, 1.82) is 0 Å². The number of nitrogens with zero attached hydrogens (tertiary/aromatic N) is 1. The van der Waals surface area contributed by atoms with Crippen LogP contribution < -0.4 is 0 Å². The van der Waals surface area contributed by atoms with Crippen molar-refractivity contribution in [3.05, 3.63) is 99.7 Å². The Labute approximate surface area is 216 Å². The van der Waals surface area contributed by atoms with Gasteiger partial charge >= 0.3 is 6.18 Å². The Kier molecular flexibility index (Phi) is 7.05. The molecule has 37 heavy (non-hydrogen) atoms. The third kappa shape index (κ3) is 5.55.